The number of allylic oxidation sites excluding steroid dienone is 1. The summed E-state index contributed by atoms with van der Waals surface area (Å²) in [6, 6.07) is 0. The lowest BCUT2D eigenvalue weighted by Crippen LogP contribution is -2.06. The molecule has 15 heavy (non-hydrogen) atoms. The summed E-state index contributed by atoms with van der Waals surface area (Å²) in [7, 11) is 0. The lowest BCUT2D eigenvalue weighted by atomic mass is 10.0. The summed E-state index contributed by atoms with van der Waals surface area (Å²) in [4.78, 5) is 14.8. The minimum Gasteiger partial charge on any atom is -0.461 e. The molecule has 0 aliphatic heterocycles. The van der Waals surface area contributed by atoms with Crippen molar-refractivity contribution in [3.63, 3.8) is 0 Å². The van der Waals surface area contributed by atoms with Crippen LogP contribution in [0.25, 0.3) is 6.08 Å². The Morgan fingerprint density at radius 3 is 3.07 bits per heavy atom. The van der Waals surface area contributed by atoms with Crippen LogP contribution in [0.15, 0.2) is 6.08 Å². The molecule has 3 nitrogen and oxygen atoms in total. The highest BCUT2D eigenvalue weighted by Crippen LogP contribution is 2.25. The van der Waals surface area contributed by atoms with Crippen LogP contribution in [0.5, 0.6) is 0 Å². The number of carbonyl (C=O) groups excluding carboxylic acids is 1. The van der Waals surface area contributed by atoms with Gasteiger partial charge in [0.15, 0.2) is 0 Å². The Labute approximate surface area is 89.1 Å². The number of esters is 1. The number of rotatable bonds is 2. The number of ether oxygens (including phenoxy) is 1. The second-order valence-electron chi connectivity index (χ2n) is 3.68. The monoisotopic (exact) mass is 205 g/mol. The second-order valence-corrected chi connectivity index (χ2v) is 3.68. The zero-order valence-corrected chi connectivity index (χ0v) is 9.09. The molecule has 0 fully saturated rings. The van der Waals surface area contributed by atoms with Crippen LogP contribution in [0.1, 0.15) is 40.7 Å². The molecule has 0 spiro atoms. The third-order valence-corrected chi connectivity index (χ3v) is 2.71. The number of H-pyrrole nitrogens is 1. The summed E-state index contributed by atoms with van der Waals surface area (Å²) in [5, 5.41) is 0. The molecule has 80 valence electrons. The zero-order valence-electron chi connectivity index (χ0n) is 9.09. The van der Waals surface area contributed by atoms with Crippen molar-refractivity contribution in [2.75, 3.05) is 6.61 Å². The number of nitrogens with one attached hydrogen (secondary N) is 1. The van der Waals surface area contributed by atoms with E-state index < -0.39 is 0 Å². The van der Waals surface area contributed by atoms with E-state index in [1.165, 1.54) is 0 Å². The van der Waals surface area contributed by atoms with Crippen molar-refractivity contribution >= 4 is 12.0 Å². The number of aromatic nitrogens is 1. The highest BCUT2D eigenvalue weighted by atomic mass is 16.5. The molecule has 1 aliphatic carbocycles. The average Bonchev–Trinajstić information content (AvgIpc) is 2.57. The maximum absolute atomic E-state index is 11.6. The van der Waals surface area contributed by atoms with Crippen LogP contribution >= 0.6 is 0 Å². The van der Waals surface area contributed by atoms with E-state index in [9.17, 15) is 4.79 Å². The number of aryl methyl sites for hydroxylation is 1. The quantitative estimate of drug-likeness (QED) is 0.753. The highest BCUT2D eigenvalue weighted by Gasteiger charge is 2.19. The smallest absolute Gasteiger partial charge is 0.355 e. The Morgan fingerprint density at radius 1 is 1.60 bits per heavy atom. The maximum atomic E-state index is 11.6. The molecule has 0 radical (unpaired) electrons. The lowest BCUT2D eigenvalue weighted by Gasteiger charge is -2.03. The van der Waals surface area contributed by atoms with Gasteiger partial charge < -0.3 is 9.72 Å². The van der Waals surface area contributed by atoms with Crippen molar-refractivity contribution in [3.05, 3.63) is 28.6 Å². The van der Waals surface area contributed by atoms with Gasteiger partial charge in [-0.2, -0.15) is 0 Å². The first-order valence-corrected chi connectivity index (χ1v) is 5.29. The van der Waals surface area contributed by atoms with E-state index in [1.54, 1.807) is 0 Å². The van der Waals surface area contributed by atoms with Gasteiger partial charge in [-0.15, -0.1) is 0 Å². The minimum absolute atomic E-state index is 0.252. The molecule has 2 rings (SSSR count). The Morgan fingerprint density at radius 2 is 2.40 bits per heavy atom. The summed E-state index contributed by atoms with van der Waals surface area (Å²) in [6.07, 6.45) is 6.23. The van der Waals surface area contributed by atoms with Gasteiger partial charge in [-0.05, 0) is 37.8 Å². The van der Waals surface area contributed by atoms with Crippen molar-refractivity contribution in [1.82, 2.24) is 4.98 Å². The molecule has 0 unspecified atom stereocenters. The number of carbonyl (C=O) groups is 1. The fourth-order valence-corrected chi connectivity index (χ4v) is 1.93. The number of hydrogen-bond acceptors (Lipinski definition) is 2. The Hall–Kier alpha value is -1.51. The van der Waals surface area contributed by atoms with E-state index in [-0.39, 0.29) is 5.97 Å². The van der Waals surface area contributed by atoms with Crippen LogP contribution < -0.4 is 0 Å². The van der Waals surface area contributed by atoms with E-state index in [1.807, 2.05) is 13.8 Å². The molecule has 0 aromatic carbocycles. The van der Waals surface area contributed by atoms with Gasteiger partial charge in [0.2, 0.25) is 0 Å². The first kappa shape index (κ1) is 10.0. The molecule has 1 aliphatic rings. The van der Waals surface area contributed by atoms with Gasteiger partial charge >= 0.3 is 5.97 Å². The first-order chi connectivity index (χ1) is 7.24. The topological polar surface area (TPSA) is 42.1 Å². The van der Waals surface area contributed by atoms with E-state index in [0.29, 0.717) is 12.3 Å². The summed E-state index contributed by atoms with van der Waals surface area (Å²) < 4.78 is 4.99. The van der Waals surface area contributed by atoms with Crippen molar-refractivity contribution in [1.29, 1.82) is 0 Å². The third kappa shape index (κ3) is 1.69. The van der Waals surface area contributed by atoms with E-state index in [2.05, 4.69) is 17.1 Å². The predicted octanol–water partition coefficient (Wildman–Crippen LogP) is 2.46. The highest BCUT2D eigenvalue weighted by molar-refractivity contribution is 5.91. The van der Waals surface area contributed by atoms with Crippen LogP contribution in [0.4, 0.5) is 0 Å². The molecule has 3 heteroatoms. The molecule has 0 saturated carbocycles. The van der Waals surface area contributed by atoms with Crippen LogP contribution in [0, 0.1) is 6.92 Å². The van der Waals surface area contributed by atoms with Gasteiger partial charge in [0, 0.05) is 5.69 Å². The Kier molecular flexibility index (Phi) is 2.62. The summed E-state index contributed by atoms with van der Waals surface area (Å²) in [5.41, 5.74) is 3.91. The molecule has 0 amide bonds. The minimum atomic E-state index is -0.252. The molecule has 1 heterocycles. The maximum Gasteiger partial charge on any atom is 0.355 e. The molecule has 1 N–H and O–H groups in total. The van der Waals surface area contributed by atoms with E-state index in [4.69, 9.17) is 4.74 Å². The van der Waals surface area contributed by atoms with Crippen LogP contribution in [0.2, 0.25) is 0 Å². The van der Waals surface area contributed by atoms with Crippen molar-refractivity contribution in [3.8, 4) is 0 Å². The standard InChI is InChI=1S/C12H15NO2/c1-3-15-12(14)11-8(2)9-6-4-5-7-10(9)13-11/h4,6,13H,3,5,7H2,1-2H3. The molecule has 0 bridgehead atoms. The normalized spacial score (nSPS) is 13.7. The van der Waals surface area contributed by atoms with Gasteiger partial charge in [-0.25, -0.2) is 4.79 Å². The fraction of sp³-hybridized carbons (Fsp3) is 0.417. The lowest BCUT2D eigenvalue weighted by molar-refractivity contribution is 0.0519. The number of fused-ring (bicyclic) bond motifs is 1. The van der Waals surface area contributed by atoms with Gasteiger partial charge in [-0.1, -0.05) is 12.2 Å². The predicted molar refractivity (Wildman–Crippen MR) is 58.8 cm³/mol. The first-order valence-electron chi connectivity index (χ1n) is 5.29. The van der Waals surface area contributed by atoms with Crippen molar-refractivity contribution in [2.45, 2.75) is 26.7 Å². The molecule has 1 aromatic heterocycles. The van der Waals surface area contributed by atoms with Crippen LogP contribution in [-0.4, -0.2) is 17.6 Å². The van der Waals surface area contributed by atoms with E-state index in [0.717, 1.165) is 29.7 Å². The third-order valence-electron chi connectivity index (χ3n) is 2.71. The molecule has 0 saturated heterocycles. The van der Waals surface area contributed by atoms with Crippen molar-refractivity contribution in [2.24, 2.45) is 0 Å². The van der Waals surface area contributed by atoms with Crippen LogP contribution in [0.3, 0.4) is 0 Å². The zero-order chi connectivity index (χ0) is 10.8. The van der Waals surface area contributed by atoms with Gasteiger partial charge in [0.05, 0.1) is 6.61 Å². The summed E-state index contributed by atoms with van der Waals surface area (Å²) in [5.74, 6) is -0.252. The van der Waals surface area contributed by atoms with Gasteiger partial charge in [-0.3, -0.25) is 0 Å². The molecular weight excluding hydrogens is 190 g/mol. The molecule has 0 atom stereocenters. The van der Waals surface area contributed by atoms with Crippen LogP contribution in [-0.2, 0) is 11.2 Å². The average molecular weight is 205 g/mol. The second kappa shape index (κ2) is 3.93. The van der Waals surface area contributed by atoms with Gasteiger partial charge in [0.1, 0.15) is 5.69 Å². The van der Waals surface area contributed by atoms with Gasteiger partial charge in [0.25, 0.3) is 0 Å². The fourth-order valence-electron chi connectivity index (χ4n) is 1.93. The Bertz CT molecular complexity index is 416. The van der Waals surface area contributed by atoms with Crippen molar-refractivity contribution < 1.29 is 9.53 Å². The number of hydrogen-bond donors (Lipinski definition) is 1. The SMILES string of the molecule is CCOC(=O)c1[nH]c2c(c1C)C=CCC2. The Balaban J connectivity index is 2.38. The number of aromatic amines is 1. The largest absolute Gasteiger partial charge is 0.461 e. The molecular formula is C12H15NO2. The summed E-state index contributed by atoms with van der Waals surface area (Å²) in [6.45, 7) is 4.19. The summed E-state index contributed by atoms with van der Waals surface area (Å²) >= 11 is 0. The molecule has 1 aromatic rings. The van der Waals surface area contributed by atoms with E-state index >= 15 is 0 Å².